The standard InChI is InChI=1S/C21H20O13/c1-31-16-10(25)4-7-12(15(16)28)17-19(34-21(7)30)18(14(27)11(5-22)32-17)33-20(29)6-2-8(23)13(26)9(24)3-6/h2-4,11,14,17-19,22-28H,5H2,1H3/t11-,14-,17+,18+,19+/m0/s1. The highest BCUT2D eigenvalue weighted by atomic mass is 16.6. The lowest BCUT2D eigenvalue weighted by atomic mass is 9.86. The molecule has 0 spiro atoms. The minimum absolute atomic E-state index is 0.178. The number of hydrogen-bond donors (Lipinski definition) is 7. The summed E-state index contributed by atoms with van der Waals surface area (Å²) in [6, 6.07) is 2.58. The summed E-state index contributed by atoms with van der Waals surface area (Å²) in [4.78, 5) is 25.3. The number of fused-ring (bicyclic) bond motifs is 3. The van der Waals surface area contributed by atoms with E-state index in [1.807, 2.05) is 0 Å². The highest BCUT2D eigenvalue weighted by molar-refractivity contribution is 5.95. The van der Waals surface area contributed by atoms with Crippen molar-refractivity contribution in [2.45, 2.75) is 30.5 Å². The van der Waals surface area contributed by atoms with Crippen LogP contribution in [0.1, 0.15) is 32.4 Å². The number of ether oxygens (including phenoxy) is 4. The lowest BCUT2D eigenvalue weighted by Gasteiger charge is -2.45. The average molecular weight is 480 g/mol. The third-order valence-corrected chi connectivity index (χ3v) is 5.62. The van der Waals surface area contributed by atoms with Gasteiger partial charge in [-0.05, 0) is 18.2 Å². The molecule has 0 radical (unpaired) electrons. The Kier molecular flexibility index (Phi) is 5.77. The molecular weight excluding hydrogens is 460 g/mol. The molecule has 34 heavy (non-hydrogen) atoms. The summed E-state index contributed by atoms with van der Waals surface area (Å²) in [7, 11) is 1.16. The van der Waals surface area contributed by atoms with Crippen LogP contribution in [-0.4, -0.2) is 85.8 Å². The maximum Gasteiger partial charge on any atom is 0.339 e. The molecule has 13 nitrogen and oxygen atoms in total. The van der Waals surface area contributed by atoms with Gasteiger partial charge in [0.2, 0.25) is 5.75 Å². The van der Waals surface area contributed by atoms with Gasteiger partial charge < -0.3 is 54.7 Å². The summed E-state index contributed by atoms with van der Waals surface area (Å²) in [5.41, 5.74) is -0.869. The molecule has 0 bridgehead atoms. The van der Waals surface area contributed by atoms with E-state index in [0.717, 1.165) is 25.3 Å². The zero-order chi connectivity index (χ0) is 24.9. The Bertz CT molecular complexity index is 1140. The fourth-order valence-electron chi connectivity index (χ4n) is 3.98. The first-order valence-corrected chi connectivity index (χ1v) is 9.83. The molecule has 4 rings (SSSR count). The summed E-state index contributed by atoms with van der Waals surface area (Å²) in [6.45, 7) is -0.752. The fraction of sp³-hybridized carbons (Fsp3) is 0.333. The van der Waals surface area contributed by atoms with Gasteiger partial charge in [0.1, 0.15) is 18.3 Å². The van der Waals surface area contributed by atoms with Gasteiger partial charge in [-0.3, -0.25) is 0 Å². The number of carbonyl (C=O) groups excluding carboxylic acids is 2. The van der Waals surface area contributed by atoms with Crippen LogP contribution in [0.5, 0.6) is 34.5 Å². The molecule has 2 aromatic carbocycles. The van der Waals surface area contributed by atoms with Crippen LogP contribution in [-0.2, 0) is 14.2 Å². The van der Waals surface area contributed by atoms with E-state index in [1.54, 1.807) is 0 Å². The number of esters is 2. The largest absolute Gasteiger partial charge is 0.504 e. The van der Waals surface area contributed by atoms with Crippen molar-refractivity contribution in [1.29, 1.82) is 0 Å². The molecule has 1 fully saturated rings. The van der Waals surface area contributed by atoms with E-state index < -0.39 is 83.4 Å². The quantitative estimate of drug-likeness (QED) is 0.223. The normalized spacial score (nSPS) is 25.6. The number of hydrogen-bond acceptors (Lipinski definition) is 13. The van der Waals surface area contributed by atoms with E-state index in [-0.39, 0.29) is 16.9 Å². The van der Waals surface area contributed by atoms with Gasteiger partial charge in [-0.1, -0.05) is 0 Å². The zero-order valence-electron chi connectivity index (χ0n) is 17.4. The molecule has 0 unspecified atom stereocenters. The lowest BCUT2D eigenvalue weighted by molar-refractivity contribution is -0.235. The first kappa shape index (κ1) is 23.2. The van der Waals surface area contributed by atoms with Crippen LogP contribution in [0.25, 0.3) is 0 Å². The monoisotopic (exact) mass is 480 g/mol. The number of aromatic hydroxyl groups is 5. The minimum Gasteiger partial charge on any atom is -0.504 e. The summed E-state index contributed by atoms with van der Waals surface area (Å²) in [5.74, 6) is -6.32. The Balaban J connectivity index is 1.75. The summed E-state index contributed by atoms with van der Waals surface area (Å²) < 4.78 is 21.2. The summed E-state index contributed by atoms with van der Waals surface area (Å²) >= 11 is 0. The summed E-state index contributed by atoms with van der Waals surface area (Å²) in [5, 5.41) is 69.8. The van der Waals surface area contributed by atoms with E-state index in [9.17, 15) is 45.3 Å². The van der Waals surface area contributed by atoms with Crippen LogP contribution >= 0.6 is 0 Å². The second kappa shape index (κ2) is 8.44. The van der Waals surface area contributed by atoms with Crippen molar-refractivity contribution in [2.75, 3.05) is 13.7 Å². The minimum atomic E-state index is -1.70. The first-order valence-electron chi connectivity index (χ1n) is 9.83. The lowest BCUT2D eigenvalue weighted by Crippen LogP contribution is -2.59. The first-order chi connectivity index (χ1) is 16.1. The molecule has 0 aliphatic carbocycles. The van der Waals surface area contributed by atoms with Gasteiger partial charge in [0.05, 0.1) is 24.8 Å². The number of aliphatic hydroxyl groups is 2. The Morgan fingerprint density at radius 3 is 2.26 bits per heavy atom. The van der Waals surface area contributed by atoms with Crippen LogP contribution in [0.3, 0.4) is 0 Å². The van der Waals surface area contributed by atoms with Gasteiger partial charge in [0.15, 0.2) is 41.0 Å². The zero-order valence-corrected chi connectivity index (χ0v) is 17.4. The maximum absolute atomic E-state index is 12.7. The molecule has 0 aromatic heterocycles. The van der Waals surface area contributed by atoms with Crippen molar-refractivity contribution < 1.29 is 64.3 Å². The third-order valence-electron chi connectivity index (χ3n) is 5.62. The fourth-order valence-corrected chi connectivity index (χ4v) is 3.98. The van der Waals surface area contributed by atoms with Crippen LogP contribution in [0.4, 0.5) is 0 Å². The van der Waals surface area contributed by atoms with Gasteiger partial charge in [-0.25, -0.2) is 9.59 Å². The van der Waals surface area contributed by atoms with E-state index in [2.05, 4.69) is 0 Å². The van der Waals surface area contributed by atoms with Crippen molar-refractivity contribution >= 4 is 11.9 Å². The molecule has 13 heteroatoms. The van der Waals surface area contributed by atoms with Crippen LogP contribution in [0.15, 0.2) is 18.2 Å². The van der Waals surface area contributed by atoms with E-state index in [4.69, 9.17) is 18.9 Å². The van der Waals surface area contributed by atoms with Crippen molar-refractivity contribution in [1.82, 2.24) is 0 Å². The molecule has 0 amide bonds. The second-order valence-electron chi connectivity index (χ2n) is 7.61. The number of phenolic OH excluding ortho intramolecular Hbond substituents is 5. The van der Waals surface area contributed by atoms with Crippen LogP contribution < -0.4 is 4.74 Å². The van der Waals surface area contributed by atoms with Gasteiger partial charge in [0.25, 0.3) is 0 Å². The van der Waals surface area contributed by atoms with Crippen molar-refractivity contribution in [2.24, 2.45) is 0 Å². The summed E-state index contributed by atoms with van der Waals surface area (Å²) in [6.07, 6.45) is -7.57. The highest BCUT2D eigenvalue weighted by Crippen LogP contribution is 2.50. The maximum atomic E-state index is 12.7. The van der Waals surface area contributed by atoms with Gasteiger partial charge in [-0.15, -0.1) is 0 Å². The number of benzene rings is 2. The van der Waals surface area contributed by atoms with E-state index >= 15 is 0 Å². The highest BCUT2D eigenvalue weighted by Gasteiger charge is 2.54. The van der Waals surface area contributed by atoms with Crippen molar-refractivity contribution in [3.8, 4) is 34.5 Å². The number of rotatable bonds is 4. The molecule has 5 atom stereocenters. The van der Waals surface area contributed by atoms with Gasteiger partial charge in [0, 0.05) is 5.56 Å². The van der Waals surface area contributed by atoms with E-state index in [1.165, 1.54) is 0 Å². The Hall–Kier alpha value is -3.94. The molecule has 2 aliphatic heterocycles. The van der Waals surface area contributed by atoms with E-state index in [0.29, 0.717) is 0 Å². The number of phenols is 5. The topological polar surface area (TPSA) is 213 Å². The molecular formula is C21H20O13. The predicted molar refractivity (Wildman–Crippen MR) is 107 cm³/mol. The smallest absolute Gasteiger partial charge is 0.339 e. The molecule has 2 heterocycles. The SMILES string of the molecule is COc1c(O)cc2c(c1O)[C@H]1O[C@@H](CO)[C@H](O)[C@@H](OC(=O)c3cc(O)c(O)c(O)c3)[C@@H]1OC2=O. The molecule has 2 aliphatic rings. The predicted octanol–water partition coefficient (Wildman–Crippen LogP) is -0.219. The molecule has 7 N–H and O–H groups in total. The van der Waals surface area contributed by atoms with Gasteiger partial charge >= 0.3 is 11.9 Å². The van der Waals surface area contributed by atoms with Crippen molar-refractivity contribution in [3.05, 3.63) is 34.9 Å². The number of carbonyl (C=O) groups is 2. The van der Waals surface area contributed by atoms with Crippen LogP contribution in [0, 0.1) is 0 Å². The number of methoxy groups -OCH3 is 1. The Morgan fingerprint density at radius 2 is 1.68 bits per heavy atom. The van der Waals surface area contributed by atoms with Crippen LogP contribution in [0.2, 0.25) is 0 Å². The number of aliphatic hydroxyl groups excluding tert-OH is 2. The second-order valence-corrected chi connectivity index (χ2v) is 7.61. The third kappa shape index (κ3) is 3.55. The molecule has 182 valence electrons. The molecule has 2 aromatic rings. The molecule has 1 saturated heterocycles. The van der Waals surface area contributed by atoms with Crippen molar-refractivity contribution in [3.63, 3.8) is 0 Å². The average Bonchev–Trinajstić information content (AvgIpc) is 2.79. The van der Waals surface area contributed by atoms with Gasteiger partial charge in [-0.2, -0.15) is 0 Å². The Morgan fingerprint density at radius 1 is 1.03 bits per heavy atom. The molecule has 0 saturated carbocycles. The Labute approximate surface area is 190 Å².